The van der Waals surface area contributed by atoms with Crippen LogP contribution in [0.1, 0.15) is 17.2 Å². The van der Waals surface area contributed by atoms with Gasteiger partial charge >= 0.3 is 0 Å². The Hall–Kier alpha value is -2.85. The fraction of sp³-hybridized carbons (Fsp3) is 0.227. The van der Waals surface area contributed by atoms with Crippen LogP contribution in [0.4, 0.5) is 0 Å². The molecule has 4 heteroatoms. The Morgan fingerprint density at radius 1 is 1.04 bits per heavy atom. The smallest absolute Gasteiger partial charge is 0.136 e. The minimum atomic E-state index is 0.166. The number of quaternary nitrogens is 1. The Morgan fingerprint density at radius 2 is 1.77 bits per heavy atom. The second-order valence-electron chi connectivity index (χ2n) is 6.59. The lowest BCUT2D eigenvalue weighted by Gasteiger charge is -2.22. The van der Waals surface area contributed by atoms with Crippen LogP contribution in [0.25, 0.3) is 10.8 Å². The molecule has 0 aliphatic rings. The minimum absolute atomic E-state index is 0.166. The first kappa shape index (κ1) is 18.0. The van der Waals surface area contributed by atoms with E-state index in [-0.39, 0.29) is 11.8 Å². The number of methoxy groups -OCH3 is 1. The molecular weight excluding hydrogens is 324 g/mol. The predicted molar refractivity (Wildman–Crippen MR) is 107 cm³/mol. The fourth-order valence-corrected chi connectivity index (χ4v) is 3.22. The fourth-order valence-electron chi connectivity index (χ4n) is 3.22. The van der Waals surface area contributed by atoms with E-state index in [1.165, 1.54) is 4.90 Å². The molecule has 3 aromatic rings. The lowest BCUT2D eigenvalue weighted by molar-refractivity contribution is -0.890. The van der Waals surface area contributed by atoms with Gasteiger partial charge in [0, 0.05) is 11.8 Å². The molecule has 0 aromatic heterocycles. The van der Waals surface area contributed by atoms with Gasteiger partial charge in [0.1, 0.15) is 17.5 Å². The number of phenols is 1. The summed E-state index contributed by atoms with van der Waals surface area (Å²) < 4.78 is 5.51. The first-order valence-corrected chi connectivity index (χ1v) is 8.75. The van der Waals surface area contributed by atoms with Crippen molar-refractivity contribution >= 4 is 17.0 Å². The number of aliphatic imine (C=N–C) groups is 1. The van der Waals surface area contributed by atoms with Crippen LogP contribution in [-0.4, -0.2) is 39.1 Å². The van der Waals surface area contributed by atoms with E-state index < -0.39 is 0 Å². The second-order valence-corrected chi connectivity index (χ2v) is 6.59. The van der Waals surface area contributed by atoms with Gasteiger partial charge in [-0.15, -0.1) is 0 Å². The molecule has 0 heterocycles. The van der Waals surface area contributed by atoms with Crippen molar-refractivity contribution in [1.29, 1.82) is 0 Å². The highest BCUT2D eigenvalue weighted by Crippen LogP contribution is 2.26. The number of phenolic OH excluding ortho intramolecular Hbond substituents is 1. The molecule has 0 saturated heterocycles. The Kier molecular flexibility index (Phi) is 5.54. The third-order valence-corrected chi connectivity index (χ3v) is 4.67. The normalized spacial score (nSPS) is 12.8. The molecule has 0 radical (unpaired) electrons. The zero-order chi connectivity index (χ0) is 18.5. The van der Waals surface area contributed by atoms with Crippen LogP contribution < -0.4 is 9.64 Å². The monoisotopic (exact) mass is 349 g/mol. The van der Waals surface area contributed by atoms with Crippen molar-refractivity contribution < 1.29 is 14.7 Å². The number of ether oxygens (including phenoxy) is 1. The summed E-state index contributed by atoms with van der Waals surface area (Å²) in [7, 11) is 5.92. The molecular formula is C22H25N2O2+. The zero-order valence-electron chi connectivity index (χ0n) is 15.4. The Bertz CT molecular complexity index is 919. The summed E-state index contributed by atoms with van der Waals surface area (Å²) in [4.78, 5) is 5.94. The van der Waals surface area contributed by atoms with E-state index in [4.69, 9.17) is 4.74 Å². The van der Waals surface area contributed by atoms with Gasteiger partial charge in [0.25, 0.3) is 0 Å². The van der Waals surface area contributed by atoms with Gasteiger partial charge in [0.2, 0.25) is 0 Å². The maximum Gasteiger partial charge on any atom is 0.136 e. The first-order valence-electron chi connectivity index (χ1n) is 8.75. The maximum atomic E-state index is 10.3. The molecule has 3 aromatic carbocycles. The standard InChI is InChI=1S/C22H24N2O2/c1-24(2)20(18-10-6-7-11-22(18)26-3)15-23-14-19-17-9-5-4-8-16(17)12-13-21(19)25/h4-14,20,25H,15H2,1-3H3/p+1/t20-/m0/s1. The van der Waals surface area contributed by atoms with Gasteiger partial charge in [-0.3, -0.25) is 4.99 Å². The summed E-state index contributed by atoms with van der Waals surface area (Å²) in [6.07, 6.45) is 1.78. The number of nitrogens with zero attached hydrogens (tertiary/aromatic N) is 1. The predicted octanol–water partition coefficient (Wildman–Crippen LogP) is 2.86. The van der Waals surface area contributed by atoms with E-state index in [1.54, 1.807) is 19.4 Å². The molecule has 2 N–H and O–H groups in total. The number of fused-ring (bicyclic) bond motifs is 1. The Labute approximate surface area is 154 Å². The zero-order valence-corrected chi connectivity index (χ0v) is 15.4. The summed E-state index contributed by atoms with van der Waals surface area (Å²) >= 11 is 0. The van der Waals surface area contributed by atoms with Crippen LogP contribution in [0, 0.1) is 0 Å². The topological polar surface area (TPSA) is 46.3 Å². The van der Waals surface area contributed by atoms with Gasteiger partial charge in [-0.25, -0.2) is 0 Å². The van der Waals surface area contributed by atoms with Crippen LogP contribution in [0.5, 0.6) is 11.5 Å². The molecule has 4 nitrogen and oxygen atoms in total. The van der Waals surface area contributed by atoms with Crippen molar-refractivity contribution in [2.75, 3.05) is 27.7 Å². The number of rotatable bonds is 6. The summed E-state index contributed by atoms with van der Waals surface area (Å²) in [6.45, 7) is 0.603. The molecule has 0 aliphatic carbocycles. The molecule has 3 rings (SSSR count). The van der Waals surface area contributed by atoms with Crippen molar-refractivity contribution in [3.05, 3.63) is 71.8 Å². The van der Waals surface area contributed by atoms with Crippen LogP contribution >= 0.6 is 0 Å². The summed E-state index contributed by atoms with van der Waals surface area (Å²) in [5.74, 6) is 1.13. The van der Waals surface area contributed by atoms with Gasteiger partial charge in [-0.1, -0.05) is 42.5 Å². The molecule has 0 amide bonds. The van der Waals surface area contributed by atoms with Crippen molar-refractivity contribution in [2.24, 2.45) is 4.99 Å². The molecule has 0 saturated carbocycles. The molecule has 26 heavy (non-hydrogen) atoms. The lowest BCUT2D eigenvalue weighted by Crippen LogP contribution is -3.06. The van der Waals surface area contributed by atoms with Crippen LogP contribution in [0.3, 0.4) is 0 Å². The highest BCUT2D eigenvalue weighted by molar-refractivity contribution is 6.02. The number of benzene rings is 3. The highest BCUT2D eigenvalue weighted by Gasteiger charge is 2.21. The lowest BCUT2D eigenvalue weighted by atomic mass is 10.0. The van der Waals surface area contributed by atoms with Crippen LogP contribution in [0.2, 0.25) is 0 Å². The molecule has 0 fully saturated rings. The van der Waals surface area contributed by atoms with E-state index in [0.717, 1.165) is 27.6 Å². The Morgan fingerprint density at radius 3 is 2.54 bits per heavy atom. The van der Waals surface area contributed by atoms with Gasteiger partial charge in [0.05, 0.1) is 33.3 Å². The molecule has 0 spiro atoms. The number of nitrogens with one attached hydrogen (secondary N) is 1. The van der Waals surface area contributed by atoms with Gasteiger partial charge in [-0.05, 0) is 29.0 Å². The Balaban J connectivity index is 1.90. The summed E-state index contributed by atoms with van der Waals surface area (Å²) in [6, 6.07) is 19.9. The first-order chi connectivity index (χ1) is 12.6. The molecule has 134 valence electrons. The highest BCUT2D eigenvalue weighted by atomic mass is 16.5. The van der Waals surface area contributed by atoms with E-state index in [2.05, 4.69) is 25.2 Å². The third kappa shape index (κ3) is 3.70. The third-order valence-electron chi connectivity index (χ3n) is 4.67. The van der Waals surface area contributed by atoms with Gasteiger partial charge in [0.15, 0.2) is 0 Å². The van der Waals surface area contributed by atoms with Gasteiger partial charge in [-0.2, -0.15) is 0 Å². The molecule has 1 atom stereocenters. The largest absolute Gasteiger partial charge is 0.507 e. The van der Waals surface area contributed by atoms with Crippen molar-refractivity contribution in [2.45, 2.75) is 6.04 Å². The number of hydrogen-bond acceptors (Lipinski definition) is 3. The summed E-state index contributed by atoms with van der Waals surface area (Å²) in [5, 5.41) is 12.4. The van der Waals surface area contributed by atoms with E-state index in [9.17, 15) is 5.11 Å². The quantitative estimate of drug-likeness (QED) is 0.672. The van der Waals surface area contributed by atoms with E-state index in [1.807, 2.05) is 48.5 Å². The average molecular weight is 349 g/mol. The van der Waals surface area contributed by atoms with Crippen molar-refractivity contribution in [3.63, 3.8) is 0 Å². The van der Waals surface area contributed by atoms with E-state index >= 15 is 0 Å². The number of aromatic hydroxyl groups is 1. The van der Waals surface area contributed by atoms with Crippen molar-refractivity contribution in [3.8, 4) is 11.5 Å². The molecule has 0 aliphatic heterocycles. The number of likely N-dealkylation sites (N-methyl/N-ethyl adjacent to an activating group) is 1. The molecule has 0 bridgehead atoms. The molecule has 0 unspecified atom stereocenters. The number of hydrogen-bond donors (Lipinski definition) is 2. The second kappa shape index (κ2) is 8.02. The van der Waals surface area contributed by atoms with Crippen molar-refractivity contribution in [1.82, 2.24) is 0 Å². The van der Waals surface area contributed by atoms with Crippen LogP contribution in [-0.2, 0) is 0 Å². The SMILES string of the molecule is COc1ccccc1[C@H](CN=Cc1c(O)ccc2ccccc12)[NH+](C)C. The maximum absolute atomic E-state index is 10.3. The average Bonchev–Trinajstić information content (AvgIpc) is 2.66. The van der Waals surface area contributed by atoms with Crippen LogP contribution in [0.15, 0.2) is 65.7 Å². The van der Waals surface area contributed by atoms with Gasteiger partial charge < -0.3 is 14.7 Å². The minimum Gasteiger partial charge on any atom is -0.507 e. The van der Waals surface area contributed by atoms with E-state index in [0.29, 0.717) is 6.54 Å². The number of para-hydroxylation sites is 1. The summed E-state index contributed by atoms with van der Waals surface area (Å²) in [5.41, 5.74) is 1.89.